The van der Waals surface area contributed by atoms with Crippen molar-refractivity contribution in [2.24, 2.45) is 0 Å². The van der Waals surface area contributed by atoms with Gasteiger partial charge in [0.25, 0.3) is 0 Å². The van der Waals surface area contributed by atoms with Crippen LogP contribution in [-0.4, -0.2) is 36.6 Å². The number of likely N-dealkylation sites (tertiary alicyclic amines) is 1. The highest BCUT2D eigenvalue weighted by Crippen LogP contribution is 2.28. The quantitative estimate of drug-likeness (QED) is 0.584. The predicted molar refractivity (Wildman–Crippen MR) is 74.4 cm³/mol. The molecule has 2 aliphatic rings. The first-order valence-corrected chi connectivity index (χ1v) is 7.88. The standard InChI is InChI=1S/C15H30N2/c1-2-11-16-13-15-10-7-12-17(15)14-8-5-3-4-6-9-14/h14-16H,2-13H2,1H3. The van der Waals surface area contributed by atoms with Crippen LogP contribution in [-0.2, 0) is 0 Å². The highest BCUT2D eigenvalue weighted by Gasteiger charge is 2.30. The van der Waals surface area contributed by atoms with E-state index in [1.165, 1.54) is 77.4 Å². The molecule has 1 aliphatic heterocycles. The molecule has 2 nitrogen and oxygen atoms in total. The molecule has 1 heterocycles. The fraction of sp³-hybridized carbons (Fsp3) is 1.00. The highest BCUT2D eigenvalue weighted by atomic mass is 15.2. The van der Waals surface area contributed by atoms with E-state index in [0.717, 1.165) is 12.1 Å². The van der Waals surface area contributed by atoms with Gasteiger partial charge in [0.15, 0.2) is 0 Å². The van der Waals surface area contributed by atoms with E-state index in [1.807, 2.05) is 0 Å². The smallest absolute Gasteiger partial charge is 0.0224 e. The monoisotopic (exact) mass is 238 g/mol. The van der Waals surface area contributed by atoms with Gasteiger partial charge in [-0.2, -0.15) is 0 Å². The van der Waals surface area contributed by atoms with E-state index in [4.69, 9.17) is 0 Å². The van der Waals surface area contributed by atoms with E-state index in [2.05, 4.69) is 17.1 Å². The SMILES string of the molecule is CCCNCC1CCCN1C1CCCCCC1. The van der Waals surface area contributed by atoms with Gasteiger partial charge < -0.3 is 5.32 Å². The molecule has 1 saturated carbocycles. The molecule has 100 valence electrons. The topological polar surface area (TPSA) is 15.3 Å². The second kappa shape index (κ2) is 7.38. The first-order valence-electron chi connectivity index (χ1n) is 7.88. The molecule has 17 heavy (non-hydrogen) atoms. The Hall–Kier alpha value is -0.0800. The molecule has 2 heteroatoms. The lowest BCUT2D eigenvalue weighted by Gasteiger charge is -2.32. The van der Waals surface area contributed by atoms with Gasteiger partial charge in [0.2, 0.25) is 0 Å². The molecule has 0 aromatic rings. The third kappa shape index (κ3) is 3.96. The van der Waals surface area contributed by atoms with Crippen LogP contribution in [0.4, 0.5) is 0 Å². The summed E-state index contributed by atoms with van der Waals surface area (Å²) in [7, 11) is 0. The fourth-order valence-electron chi connectivity index (χ4n) is 3.59. The third-order valence-corrected chi connectivity index (χ3v) is 4.52. The fourth-order valence-corrected chi connectivity index (χ4v) is 3.59. The van der Waals surface area contributed by atoms with E-state index in [9.17, 15) is 0 Å². The summed E-state index contributed by atoms with van der Waals surface area (Å²) in [6.45, 7) is 6.03. The zero-order valence-corrected chi connectivity index (χ0v) is 11.6. The van der Waals surface area contributed by atoms with Gasteiger partial charge in [-0.25, -0.2) is 0 Å². The van der Waals surface area contributed by atoms with Crippen molar-refractivity contribution in [3.8, 4) is 0 Å². The summed E-state index contributed by atoms with van der Waals surface area (Å²) in [5.41, 5.74) is 0. The maximum atomic E-state index is 3.62. The van der Waals surface area contributed by atoms with E-state index in [-0.39, 0.29) is 0 Å². The molecule has 1 atom stereocenters. The molecule has 1 aliphatic carbocycles. The molecular weight excluding hydrogens is 208 g/mol. The van der Waals surface area contributed by atoms with Crippen LogP contribution in [0.2, 0.25) is 0 Å². The molecule has 0 spiro atoms. The molecule has 1 N–H and O–H groups in total. The average molecular weight is 238 g/mol. The van der Waals surface area contributed by atoms with Crippen LogP contribution in [0.5, 0.6) is 0 Å². The van der Waals surface area contributed by atoms with Gasteiger partial charge >= 0.3 is 0 Å². The Morgan fingerprint density at radius 3 is 2.47 bits per heavy atom. The zero-order chi connectivity index (χ0) is 11.9. The summed E-state index contributed by atoms with van der Waals surface area (Å²) in [6.07, 6.45) is 12.9. The Labute approximate surface area is 107 Å². The van der Waals surface area contributed by atoms with Crippen molar-refractivity contribution in [1.82, 2.24) is 10.2 Å². The van der Waals surface area contributed by atoms with Crippen LogP contribution in [0, 0.1) is 0 Å². The lowest BCUT2D eigenvalue weighted by atomic mass is 10.1. The van der Waals surface area contributed by atoms with Crippen LogP contribution in [0.25, 0.3) is 0 Å². The summed E-state index contributed by atoms with van der Waals surface area (Å²) in [6, 6.07) is 1.75. The van der Waals surface area contributed by atoms with Crippen molar-refractivity contribution in [1.29, 1.82) is 0 Å². The lowest BCUT2D eigenvalue weighted by molar-refractivity contribution is 0.161. The maximum absolute atomic E-state index is 3.62. The Kier molecular flexibility index (Phi) is 5.79. The first kappa shape index (κ1) is 13.4. The molecule has 0 aromatic heterocycles. The Morgan fingerprint density at radius 1 is 1.00 bits per heavy atom. The zero-order valence-electron chi connectivity index (χ0n) is 11.6. The molecular formula is C15H30N2. The summed E-state index contributed by atoms with van der Waals surface area (Å²) in [5.74, 6) is 0. The van der Waals surface area contributed by atoms with E-state index in [1.54, 1.807) is 0 Å². The molecule has 0 aromatic carbocycles. The Morgan fingerprint density at radius 2 is 1.76 bits per heavy atom. The number of rotatable bonds is 5. The normalized spacial score (nSPS) is 28.4. The summed E-state index contributed by atoms with van der Waals surface area (Å²) in [4.78, 5) is 2.84. The molecule has 2 rings (SSSR count). The molecule has 0 amide bonds. The van der Waals surface area contributed by atoms with Crippen LogP contribution in [0.1, 0.15) is 64.7 Å². The van der Waals surface area contributed by atoms with Crippen LogP contribution in [0.15, 0.2) is 0 Å². The number of nitrogens with zero attached hydrogens (tertiary/aromatic N) is 1. The van der Waals surface area contributed by atoms with Gasteiger partial charge in [0.1, 0.15) is 0 Å². The number of nitrogens with one attached hydrogen (secondary N) is 1. The molecule has 1 saturated heterocycles. The molecule has 0 radical (unpaired) electrons. The second-order valence-corrected chi connectivity index (χ2v) is 5.88. The van der Waals surface area contributed by atoms with E-state index < -0.39 is 0 Å². The van der Waals surface area contributed by atoms with Crippen molar-refractivity contribution in [2.45, 2.75) is 76.8 Å². The van der Waals surface area contributed by atoms with Gasteiger partial charge in [-0.05, 0) is 45.2 Å². The van der Waals surface area contributed by atoms with E-state index >= 15 is 0 Å². The highest BCUT2D eigenvalue weighted by molar-refractivity contribution is 4.87. The Balaban J connectivity index is 1.80. The van der Waals surface area contributed by atoms with Crippen molar-refractivity contribution in [3.05, 3.63) is 0 Å². The second-order valence-electron chi connectivity index (χ2n) is 5.88. The minimum absolute atomic E-state index is 0.838. The third-order valence-electron chi connectivity index (χ3n) is 4.52. The lowest BCUT2D eigenvalue weighted by Crippen LogP contribution is -2.44. The molecule has 2 fully saturated rings. The van der Waals surface area contributed by atoms with Crippen LogP contribution >= 0.6 is 0 Å². The average Bonchev–Trinajstić information content (AvgIpc) is 2.63. The predicted octanol–water partition coefficient (Wildman–Crippen LogP) is 3.17. The van der Waals surface area contributed by atoms with Crippen LogP contribution < -0.4 is 5.32 Å². The Bertz CT molecular complexity index is 197. The molecule has 0 bridgehead atoms. The van der Waals surface area contributed by atoms with E-state index in [0.29, 0.717) is 0 Å². The minimum Gasteiger partial charge on any atom is -0.315 e. The van der Waals surface area contributed by atoms with Gasteiger partial charge in [-0.15, -0.1) is 0 Å². The van der Waals surface area contributed by atoms with Crippen molar-refractivity contribution in [2.75, 3.05) is 19.6 Å². The summed E-state index contributed by atoms with van der Waals surface area (Å²) in [5, 5.41) is 3.62. The number of hydrogen-bond donors (Lipinski definition) is 1. The van der Waals surface area contributed by atoms with Crippen LogP contribution in [0.3, 0.4) is 0 Å². The maximum Gasteiger partial charge on any atom is 0.0224 e. The van der Waals surface area contributed by atoms with Crippen molar-refractivity contribution >= 4 is 0 Å². The number of hydrogen-bond acceptors (Lipinski definition) is 2. The van der Waals surface area contributed by atoms with Crippen molar-refractivity contribution in [3.63, 3.8) is 0 Å². The molecule has 1 unspecified atom stereocenters. The van der Waals surface area contributed by atoms with Gasteiger partial charge in [0, 0.05) is 18.6 Å². The largest absolute Gasteiger partial charge is 0.315 e. The summed E-state index contributed by atoms with van der Waals surface area (Å²) < 4.78 is 0. The van der Waals surface area contributed by atoms with Crippen molar-refractivity contribution < 1.29 is 0 Å². The van der Waals surface area contributed by atoms with Gasteiger partial charge in [0.05, 0.1) is 0 Å². The first-order chi connectivity index (χ1) is 8.42. The summed E-state index contributed by atoms with van der Waals surface area (Å²) >= 11 is 0. The van der Waals surface area contributed by atoms with Gasteiger partial charge in [-0.3, -0.25) is 4.90 Å². The minimum atomic E-state index is 0.838. The van der Waals surface area contributed by atoms with Gasteiger partial charge in [-0.1, -0.05) is 32.6 Å².